The van der Waals surface area contributed by atoms with Crippen LogP contribution in [0.3, 0.4) is 0 Å². The molecular formula is C11H21BNO4. The van der Waals surface area contributed by atoms with Crippen LogP contribution >= 0.6 is 0 Å². The number of hydrogen-bond acceptors (Lipinski definition) is 5. The van der Waals surface area contributed by atoms with Gasteiger partial charge in [-0.25, -0.2) is 0 Å². The highest BCUT2D eigenvalue weighted by molar-refractivity contribution is 6.13. The standard InChI is InChI=1S/C6H14O2.C5H5N.BH2O2/c1-5(2,7)6(3,4)8;1-2-4-6-5-3-1;2-1-3/h7-8H,1-4H3;1-5H;2-3H. The maximum absolute atomic E-state index is 9.10. The summed E-state index contributed by atoms with van der Waals surface area (Å²) in [6, 6.07) is 5.72. The molecule has 0 bridgehead atoms. The van der Waals surface area contributed by atoms with Gasteiger partial charge in [0.25, 0.3) is 0 Å². The normalized spacial score (nSPS) is 10.4. The van der Waals surface area contributed by atoms with Gasteiger partial charge in [0.2, 0.25) is 0 Å². The van der Waals surface area contributed by atoms with E-state index in [2.05, 4.69) is 4.98 Å². The molecule has 0 amide bonds. The predicted molar refractivity (Wildman–Crippen MR) is 67.0 cm³/mol. The summed E-state index contributed by atoms with van der Waals surface area (Å²) in [7, 11) is 0. The summed E-state index contributed by atoms with van der Waals surface area (Å²) in [5.41, 5.74) is -2.01. The van der Waals surface area contributed by atoms with Gasteiger partial charge in [-0.1, -0.05) is 6.07 Å². The van der Waals surface area contributed by atoms with E-state index < -0.39 is 11.2 Å². The van der Waals surface area contributed by atoms with Gasteiger partial charge in [0.05, 0.1) is 11.2 Å². The number of aliphatic hydroxyl groups is 2. The molecule has 5 nitrogen and oxygen atoms in total. The minimum absolute atomic E-state index is 0. The summed E-state index contributed by atoms with van der Waals surface area (Å²) in [5, 5.41) is 32.2. The van der Waals surface area contributed by atoms with E-state index in [9.17, 15) is 0 Å². The van der Waals surface area contributed by atoms with Gasteiger partial charge in [-0.05, 0) is 39.8 Å². The maximum Gasteiger partial charge on any atom is 0.482 e. The molecule has 17 heavy (non-hydrogen) atoms. The lowest BCUT2D eigenvalue weighted by Gasteiger charge is -2.31. The fraction of sp³-hybridized carbons (Fsp3) is 0.545. The van der Waals surface area contributed by atoms with E-state index in [1.807, 2.05) is 18.2 Å². The molecule has 0 fully saturated rings. The van der Waals surface area contributed by atoms with E-state index in [0.717, 1.165) is 0 Å². The highest BCUT2D eigenvalue weighted by atomic mass is 16.4. The zero-order valence-corrected chi connectivity index (χ0v) is 10.7. The molecule has 0 saturated heterocycles. The second-order valence-corrected chi connectivity index (χ2v) is 4.26. The second kappa shape index (κ2) is 9.12. The van der Waals surface area contributed by atoms with Gasteiger partial charge < -0.3 is 20.3 Å². The van der Waals surface area contributed by atoms with Crippen molar-refractivity contribution in [3.8, 4) is 0 Å². The molecule has 1 aromatic heterocycles. The van der Waals surface area contributed by atoms with E-state index >= 15 is 0 Å². The molecule has 0 aliphatic rings. The summed E-state index contributed by atoms with van der Waals surface area (Å²) in [6.07, 6.45) is 3.50. The Kier molecular flexibility index (Phi) is 9.89. The van der Waals surface area contributed by atoms with Crippen molar-refractivity contribution in [2.75, 3.05) is 0 Å². The fourth-order valence-corrected chi connectivity index (χ4v) is 0.313. The van der Waals surface area contributed by atoms with Crippen LogP contribution in [0.5, 0.6) is 0 Å². The summed E-state index contributed by atoms with van der Waals surface area (Å²) in [5.74, 6) is 0. The fourth-order valence-electron chi connectivity index (χ4n) is 0.313. The highest BCUT2D eigenvalue weighted by Gasteiger charge is 2.31. The monoisotopic (exact) mass is 242 g/mol. The van der Waals surface area contributed by atoms with Crippen LogP contribution in [0.4, 0.5) is 0 Å². The van der Waals surface area contributed by atoms with Crippen molar-refractivity contribution in [2.45, 2.75) is 38.9 Å². The molecule has 0 aliphatic carbocycles. The quantitative estimate of drug-likeness (QED) is 0.524. The lowest BCUT2D eigenvalue weighted by atomic mass is 9.90. The average Bonchev–Trinajstić information content (AvgIpc) is 2.19. The van der Waals surface area contributed by atoms with Gasteiger partial charge in [-0.15, -0.1) is 0 Å². The lowest BCUT2D eigenvalue weighted by molar-refractivity contribution is -0.107. The molecule has 0 saturated carbocycles. The van der Waals surface area contributed by atoms with Crippen molar-refractivity contribution < 1.29 is 20.3 Å². The molecule has 0 aromatic carbocycles. The van der Waals surface area contributed by atoms with Gasteiger partial charge in [0.1, 0.15) is 0 Å². The minimum atomic E-state index is -1.01. The first-order valence-electron chi connectivity index (χ1n) is 5.06. The van der Waals surface area contributed by atoms with Crippen LogP contribution < -0.4 is 0 Å². The number of pyridine rings is 1. The van der Waals surface area contributed by atoms with Gasteiger partial charge in [-0.2, -0.15) is 0 Å². The molecule has 0 atom stereocenters. The third-order valence-electron chi connectivity index (χ3n) is 2.06. The first-order valence-corrected chi connectivity index (χ1v) is 5.06. The van der Waals surface area contributed by atoms with Gasteiger partial charge >= 0.3 is 7.69 Å². The second-order valence-electron chi connectivity index (χ2n) is 4.26. The Morgan fingerprint density at radius 1 is 0.824 bits per heavy atom. The molecule has 4 N–H and O–H groups in total. The lowest BCUT2D eigenvalue weighted by Crippen LogP contribution is -2.44. The summed E-state index contributed by atoms with van der Waals surface area (Å²) >= 11 is 0. The molecule has 1 heterocycles. The Hall–Kier alpha value is -0.945. The first kappa shape index (κ1) is 18.4. The summed E-state index contributed by atoms with van der Waals surface area (Å²) in [6.45, 7) is 6.31. The van der Waals surface area contributed by atoms with Crippen LogP contribution in [0.2, 0.25) is 0 Å². The summed E-state index contributed by atoms with van der Waals surface area (Å²) < 4.78 is 0. The van der Waals surface area contributed by atoms with Crippen molar-refractivity contribution >= 4 is 7.69 Å². The van der Waals surface area contributed by atoms with Crippen LogP contribution in [0.15, 0.2) is 30.6 Å². The van der Waals surface area contributed by atoms with Gasteiger partial charge in [0, 0.05) is 12.4 Å². The SMILES string of the molecule is CC(C)(O)C(C)(C)O.O[B]O.c1ccncc1. The van der Waals surface area contributed by atoms with Gasteiger partial charge in [-0.3, -0.25) is 4.98 Å². The Morgan fingerprint density at radius 2 is 1.12 bits per heavy atom. The Morgan fingerprint density at radius 3 is 1.18 bits per heavy atom. The van der Waals surface area contributed by atoms with E-state index in [4.69, 9.17) is 20.3 Å². The van der Waals surface area contributed by atoms with Crippen LogP contribution in [0, 0.1) is 0 Å². The molecule has 1 rings (SSSR count). The van der Waals surface area contributed by atoms with E-state index in [0.29, 0.717) is 0 Å². The largest absolute Gasteiger partial charge is 0.482 e. The zero-order chi connectivity index (χ0) is 13.9. The highest BCUT2D eigenvalue weighted by Crippen LogP contribution is 2.19. The zero-order valence-electron chi connectivity index (χ0n) is 10.7. The van der Waals surface area contributed by atoms with Crippen LogP contribution in [0.1, 0.15) is 27.7 Å². The summed E-state index contributed by atoms with van der Waals surface area (Å²) in [4.78, 5) is 3.78. The number of nitrogens with zero attached hydrogens (tertiary/aromatic N) is 1. The molecule has 6 heteroatoms. The molecule has 1 radical (unpaired) electrons. The molecular weight excluding hydrogens is 221 g/mol. The van der Waals surface area contributed by atoms with Crippen molar-refractivity contribution in [3.05, 3.63) is 30.6 Å². The molecule has 0 aliphatic heterocycles. The Labute approximate surface area is 103 Å². The predicted octanol–water partition coefficient (Wildman–Crippen LogP) is 0.115. The number of hydrogen-bond donors (Lipinski definition) is 4. The third kappa shape index (κ3) is 13.0. The van der Waals surface area contributed by atoms with E-state index in [1.165, 1.54) is 0 Å². The van der Waals surface area contributed by atoms with E-state index in [-0.39, 0.29) is 7.69 Å². The van der Waals surface area contributed by atoms with Crippen molar-refractivity contribution in [1.29, 1.82) is 0 Å². The maximum atomic E-state index is 9.10. The molecule has 97 valence electrons. The topological polar surface area (TPSA) is 93.8 Å². The van der Waals surface area contributed by atoms with E-state index in [1.54, 1.807) is 40.1 Å². The van der Waals surface area contributed by atoms with Crippen molar-refractivity contribution in [3.63, 3.8) is 0 Å². The molecule has 1 aromatic rings. The number of aromatic nitrogens is 1. The van der Waals surface area contributed by atoms with Crippen LogP contribution in [-0.4, -0.2) is 44.1 Å². The third-order valence-corrected chi connectivity index (χ3v) is 2.06. The van der Waals surface area contributed by atoms with Crippen molar-refractivity contribution in [2.24, 2.45) is 0 Å². The van der Waals surface area contributed by atoms with Crippen molar-refractivity contribution in [1.82, 2.24) is 4.98 Å². The van der Waals surface area contributed by atoms with Crippen LogP contribution in [0.25, 0.3) is 0 Å². The Balaban J connectivity index is 0. The molecule has 0 spiro atoms. The Bertz CT molecular complexity index is 218. The average molecular weight is 242 g/mol. The number of rotatable bonds is 1. The van der Waals surface area contributed by atoms with Gasteiger partial charge in [0.15, 0.2) is 0 Å². The first-order chi connectivity index (χ1) is 7.66. The molecule has 0 unspecified atom stereocenters. The minimum Gasteiger partial charge on any atom is -0.429 e. The van der Waals surface area contributed by atoms with Crippen LogP contribution in [-0.2, 0) is 0 Å². The smallest absolute Gasteiger partial charge is 0.429 e.